The van der Waals surface area contributed by atoms with Gasteiger partial charge in [-0.15, -0.1) is 0 Å². The molecule has 0 spiro atoms. The fraction of sp³-hybridized carbons (Fsp3) is 0.881. The van der Waals surface area contributed by atoms with Crippen molar-refractivity contribution >= 4 is 29.8 Å². The molecule has 0 atom stereocenters. The molecule has 15 heteroatoms. The van der Waals surface area contributed by atoms with E-state index in [0.29, 0.717) is 25.9 Å². The summed E-state index contributed by atoms with van der Waals surface area (Å²) in [7, 11) is 0. The van der Waals surface area contributed by atoms with Gasteiger partial charge in [0.1, 0.15) is 0 Å². The van der Waals surface area contributed by atoms with Crippen LogP contribution in [-0.4, -0.2) is 120 Å². The topological polar surface area (TPSA) is 191 Å². The van der Waals surface area contributed by atoms with Crippen molar-refractivity contribution in [3.8, 4) is 0 Å². The number of carbonyl (C=O) groups excluding carboxylic acids is 5. The molecule has 1 heterocycles. The van der Waals surface area contributed by atoms with E-state index in [0.717, 1.165) is 38.5 Å². The quantitative estimate of drug-likeness (QED) is 0.0545. The molecule has 0 unspecified atom stereocenters. The maximum absolute atomic E-state index is 13.7. The van der Waals surface area contributed by atoms with Crippen molar-refractivity contribution < 1.29 is 114 Å². The van der Waals surface area contributed by atoms with Crippen LogP contribution in [0.2, 0.25) is 0 Å². The van der Waals surface area contributed by atoms with Crippen LogP contribution < -0.4 is 50.0 Å². The largest absolute Gasteiger partial charge is 3.00 e. The molecule has 1 saturated heterocycles. The van der Waals surface area contributed by atoms with Crippen molar-refractivity contribution in [3.05, 3.63) is 0 Å². The molecule has 1 radical (unpaired) electrons. The van der Waals surface area contributed by atoms with Gasteiger partial charge in [0.15, 0.2) is 0 Å². The zero-order valence-corrected chi connectivity index (χ0v) is 40.1. The zero-order chi connectivity index (χ0) is 40.7. The fourth-order valence-corrected chi connectivity index (χ4v) is 8.01. The van der Waals surface area contributed by atoms with Crippen LogP contribution in [0.4, 0.5) is 0 Å². The van der Waals surface area contributed by atoms with Crippen LogP contribution in [0.3, 0.4) is 0 Å². The van der Waals surface area contributed by atoms with E-state index < -0.39 is 55.6 Å². The number of carboxylic acids is 4. The van der Waals surface area contributed by atoms with Crippen molar-refractivity contribution in [2.45, 2.75) is 173 Å². The number of aliphatic carboxylic acids is 4. The molecule has 1 aliphatic rings. The Morgan fingerprint density at radius 2 is 0.860 bits per heavy atom. The summed E-state index contributed by atoms with van der Waals surface area (Å²) in [6.07, 6.45) is 25.5. The normalized spacial score (nSPS) is 14.4. The molecule has 0 aromatic carbocycles. The van der Waals surface area contributed by atoms with Crippen molar-refractivity contribution in [1.29, 1.82) is 0 Å². The number of amides is 1. The van der Waals surface area contributed by atoms with Gasteiger partial charge in [-0.3, -0.25) is 19.5 Å². The van der Waals surface area contributed by atoms with E-state index in [2.05, 4.69) is 13.8 Å². The van der Waals surface area contributed by atoms with Gasteiger partial charge >= 0.3 is 69.5 Å². The van der Waals surface area contributed by atoms with Gasteiger partial charge in [0.2, 0.25) is 5.91 Å². The second-order valence-corrected chi connectivity index (χ2v) is 15.9. The van der Waals surface area contributed by atoms with Crippen molar-refractivity contribution in [2.24, 2.45) is 0 Å². The molecule has 57 heavy (non-hydrogen) atoms. The number of rotatable bonds is 36. The Balaban J connectivity index is 0. The Morgan fingerprint density at radius 1 is 0.509 bits per heavy atom. The van der Waals surface area contributed by atoms with Crippen molar-refractivity contribution in [2.75, 3.05) is 65.4 Å². The van der Waals surface area contributed by atoms with Gasteiger partial charge in [0.25, 0.3) is 0 Å². The second-order valence-electron chi connectivity index (χ2n) is 15.9. The number of carbonyl (C=O) groups is 5. The van der Waals surface area contributed by atoms with Gasteiger partial charge in [0.05, 0.1) is 23.9 Å². The Labute approximate surface area is 398 Å². The number of hydrogen-bond donors (Lipinski definition) is 0. The van der Waals surface area contributed by atoms with E-state index in [1.165, 1.54) is 105 Å². The Bertz CT molecular complexity index is 1020. The molecule has 0 N–H and O–H groups in total. The van der Waals surface area contributed by atoms with Crippen LogP contribution >= 0.6 is 0 Å². The summed E-state index contributed by atoms with van der Waals surface area (Å²) < 4.78 is 0. The average molecular weight is 959 g/mol. The predicted molar refractivity (Wildman–Crippen MR) is 206 cm³/mol. The number of hydrogen-bond acceptors (Lipinski definition) is 12. The molecule has 325 valence electrons. The van der Waals surface area contributed by atoms with Gasteiger partial charge in [-0.05, 0) is 25.7 Å². The first-order valence-electron chi connectivity index (χ1n) is 21.7. The molecule has 13 nitrogen and oxygen atoms in total. The van der Waals surface area contributed by atoms with E-state index in [1.54, 1.807) is 0 Å². The third-order valence-electron chi connectivity index (χ3n) is 11.0. The van der Waals surface area contributed by atoms with E-state index in [-0.39, 0.29) is 114 Å². The zero-order valence-electron chi connectivity index (χ0n) is 35.9. The summed E-state index contributed by atoms with van der Waals surface area (Å²) in [6, 6.07) is 0. The Hall–Kier alpha value is -0.445. The van der Waals surface area contributed by atoms with Crippen molar-refractivity contribution in [3.63, 3.8) is 0 Å². The molecular weight excluding hydrogens is 885 g/mol. The summed E-state index contributed by atoms with van der Waals surface area (Å²) in [5.74, 6) is -5.76. The standard InChI is InChI=1S/C42H78N4O9.Gd.Na/c1-3-5-7-9-11-13-15-17-19-23-27-45(28-24-20-18-16-14-12-10-8-6-4-2)37(47)25-21-22-26-42(46(33-40(52)53)34-41(54)55)35-43(31-38(48)49)29-30-44(36-42)32-39(50)51;;/h3-36H2,1-2H3,(H,48,49)(H,50,51)(H,52,53)(H,54,55);;/q;+3;+1/p-4. The van der Waals surface area contributed by atoms with Crippen LogP contribution in [0.15, 0.2) is 0 Å². The van der Waals surface area contributed by atoms with Crippen LogP contribution in [0.1, 0.15) is 168 Å². The molecule has 0 saturated carbocycles. The molecule has 0 aromatic rings. The van der Waals surface area contributed by atoms with Gasteiger partial charge in [-0.2, -0.15) is 0 Å². The van der Waals surface area contributed by atoms with Crippen LogP contribution in [0.5, 0.6) is 0 Å². The molecule has 0 bridgehead atoms. The number of nitrogens with zero attached hydrogens (tertiary/aromatic N) is 4. The first kappa shape index (κ1) is 58.6. The van der Waals surface area contributed by atoms with Crippen LogP contribution in [0.25, 0.3) is 0 Å². The fourth-order valence-electron chi connectivity index (χ4n) is 8.01. The maximum Gasteiger partial charge on any atom is 3.00 e. The molecule has 1 rings (SSSR count). The number of carboxylic acid groups (broad SMARTS) is 4. The number of unbranched alkanes of at least 4 members (excludes halogenated alkanes) is 19. The maximum atomic E-state index is 13.7. The molecule has 1 amide bonds. The molecule has 1 fully saturated rings. The molecular formula is C42H74GdN4NaO9. The minimum atomic E-state index is -1.53. The van der Waals surface area contributed by atoms with E-state index in [1.807, 2.05) is 4.90 Å². The van der Waals surface area contributed by atoms with Gasteiger partial charge in [0, 0.05) is 77.4 Å². The monoisotopic (exact) mass is 959 g/mol. The molecule has 0 aliphatic carbocycles. The first-order chi connectivity index (χ1) is 26.4. The molecule has 1 aliphatic heterocycles. The Morgan fingerprint density at radius 3 is 1.19 bits per heavy atom. The average Bonchev–Trinajstić information content (AvgIpc) is 3.28. The van der Waals surface area contributed by atoms with Gasteiger partial charge in [-0.25, -0.2) is 0 Å². The summed E-state index contributed by atoms with van der Waals surface area (Å²) in [4.78, 5) is 66.7. The third-order valence-corrected chi connectivity index (χ3v) is 11.0. The van der Waals surface area contributed by atoms with E-state index >= 15 is 0 Å². The van der Waals surface area contributed by atoms with Gasteiger partial charge in [-0.1, -0.05) is 136 Å². The second kappa shape index (κ2) is 37.3. The minimum absolute atomic E-state index is 0. The molecule has 0 aromatic heterocycles. The minimum Gasteiger partial charge on any atom is -0.549 e. The predicted octanol–water partition coefficient (Wildman–Crippen LogP) is -1.12. The third kappa shape index (κ3) is 30.3. The summed E-state index contributed by atoms with van der Waals surface area (Å²) in [6.45, 7) is 3.47. The summed E-state index contributed by atoms with van der Waals surface area (Å²) in [5.41, 5.74) is -1.30. The summed E-state index contributed by atoms with van der Waals surface area (Å²) in [5, 5.41) is 46.9. The van der Waals surface area contributed by atoms with Crippen LogP contribution in [-0.2, 0) is 24.0 Å². The first-order valence-corrected chi connectivity index (χ1v) is 21.7. The Kier molecular flexibility index (Phi) is 38.4. The smallest absolute Gasteiger partial charge is 0.549 e. The van der Waals surface area contributed by atoms with Crippen molar-refractivity contribution in [1.82, 2.24) is 19.6 Å². The van der Waals surface area contributed by atoms with Gasteiger partial charge < -0.3 is 44.5 Å². The van der Waals surface area contributed by atoms with E-state index in [9.17, 15) is 44.4 Å². The SMILES string of the molecule is CCCCCCCCCCCCN(CCCCCCCCCCCC)C(=O)CCCCC1(N(CC(=O)[O-])CC(=O)[O-])CN(CC(=O)[O-])CCN(CC(=O)[O-])C1.[Gd+3].[Na+]. The van der Waals surface area contributed by atoms with Crippen LogP contribution in [0, 0.1) is 39.9 Å². The van der Waals surface area contributed by atoms with E-state index in [4.69, 9.17) is 0 Å². The summed E-state index contributed by atoms with van der Waals surface area (Å²) >= 11 is 0.